The first-order chi connectivity index (χ1) is 11.3. The average molecular weight is 356 g/mol. The number of hydrogen-bond donors (Lipinski definition) is 1. The topological polar surface area (TPSA) is 41.6 Å². The molecule has 0 aromatic heterocycles. The minimum atomic E-state index is -4.41. The summed E-state index contributed by atoms with van der Waals surface area (Å²) in [7, 11) is 1.57. The van der Waals surface area contributed by atoms with Crippen molar-refractivity contribution in [2.75, 3.05) is 17.8 Å². The molecule has 0 fully saturated rings. The Labute approximate surface area is 143 Å². The molecule has 0 aliphatic rings. The number of halogens is 4. The molecular formula is C17H17ClF3N3. The van der Waals surface area contributed by atoms with Crippen LogP contribution in [0.3, 0.4) is 0 Å². The molecule has 0 radical (unpaired) electrons. The quantitative estimate of drug-likeness (QED) is 0.496. The molecule has 0 saturated carbocycles. The van der Waals surface area contributed by atoms with Gasteiger partial charge in [0, 0.05) is 18.6 Å². The second-order valence-electron chi connectivity index (χ2n) is 5.14. The Bertz CT molecular complexity index is 729. The Morgan fingerprint density at radius 2 is 1.88 bits per heavy atom. The molecule has 0 atom stereocenters. The van der Waals surface area contributed by atoms with Gasteiger partial charge in [-0.05, 0) is 36.2 Å². The maximum absolute atomic E-state index is 12.8. The largest absolute Gasteiger partial charge is 0.416 e. The van der Waals surface area contributed by atoms with Gasteiger partial charge in [-0.15, -0.1) is 11.6 Å². The number of nitrogens with zero attached hydrogens (tertiary/aromatic N) is 2. The Hall–Kier alpha value is -2.21. The molecule has 24 heavy (non-hydrogen) atoms. The highest BCUT2D eigenvalue weighted by molar-refractivity contribution is 6.18. The van der Waals surface area contributed by atoms with Gasteiger partial charge in [-0.2, -0.15) is 13.2 Å². The fraction of sp³-hybridized carbons (Fsp3) is 0.235. The number of hydrogen-bond acceptors (Lipinski definition) is 1. The summed E-state index contributed by atoms with van der Waals surface area (Å²) in [6.07, 6.45) is -3.78. The number of nitrogens with two attached hydrogens (primary N) is 1. The summed E-state index contributed by atoms with van der Waals surface area (Å²) in [4.78, 5) is 5.74. The lowest BCUT2D eigenvalue weighted by Gasteiger charge is -2.20. The molecule has 0 aliphatic heterocycles. The van der Waals surface area contributed by atoms with E-state index < -0.39 is 11.7 Å². The van der Waals surface area contributed by atoms with Crippen LogP contribution in [-0.4, -0.2) is 18.9 Å². The van der Waals surface area contributed by atoms with Gasteiger partial charge in [-0.1, -0.05) is 24.3 Å². The molecule has 2 aromatic rings. The summed E-state index contributed by atoms with van der Waals surface area (Å²) in [6.45, 7) is 0. The van der Waals surface area contributed by atoms with Crippen molar-refractivity contribution in [2.45, 2.75) is 12.6 Å². The van der Waals surface area contributed by atoms with Crippen LogP contribution in [0.1, 0.15) is 11.1 Å². The van der Waals surface area contributed by atoms with Crippen LogP contribution in [-0.2, 0) is 12.6 Å². The smallest absolute Gasteiger partial charge is 0.369 e. The normalized spacial score (nSPS) is 12.3. The third-order valence-corrected chi connectivity index (χ3v) is 3.68. The Kier molecular flexibility index (Phi) is 5.72. The van der Waals surface area contributed by atoms with Gasteiger partial charge in [0.05, 0.1) is 11.3 Å². The molecule has 3 nitrogen and oxygen atoms in total. The van der Waals surface area contributed by atoms with E-state index in [1.54, 1.807) is 19.2 Å². The van der Waals surface area contributed by atoms with Crippen LogP contribution in [0.4, 0.5) is 24.5 Å². The maximum Gasteiger partial charge on any atom is 0.416 e. The zero-order valence-electron chi connectivity index (χ0n) is 13.0. The Balaban J connectivity index is 2.31. The first-order valence-electron chi connectivity index (χ1n) is 7.22. The van der Waals surface area contributed by atoms with Crippen LogP contribution in [0.25, 0.3) is 0 Å². The second-order valence-corrected chi connectivity index (χ2v) is 5.52. The summed E-state index contributed by atoms with van der Waals surface area (Å²) < 4.78 is 38.5. The fourth-order valence-electron chi connectivity index (χ4n) is 2.15. The zero-order chi connectivity index (χ0) is 17.7. The van der Waals surface area contributed by atoms with Crippen LogP contribution < -0.4 is 10.6 Å². The van der Waals surface area contributed by atoms with Crippen LogP contribution >= 0.6 is 11.6 Å². The van der Waals surface area contributed by atoms with Crippen molar-refractivity contribution in [3.05, 3.63) is 59.7 Å². The van der Waals surface area contributed by atoms with Crippen molar-refractivity contribution in [2.24, 2.45) is 10.7 Å². The number of benzene rings is 2. The summed E-state index contributed by atoms with van der Waals surface area (Å²) in [5, 5.41) is 0. The second kappa shape index (κ2) is 7.57. The van der Waals surface area contributed by atoms with E-state index in [-0.39, 0.29) is 5.96 Å². The molecular weight excluding hydrogens is 339 g/mol. The third kappa shape index (κ3) is 4.41. The van der Waals surface area contributed by atoms with Crippen molar-refractivity contribution in [1.29, 1.82) is 0 Å². The monoisotopic (exact) mass is 355 g/mol. The van der Waals surface area contributed by atoms with Gasteiger partial charge in [0.2, 0.25) is 5.96 Å². The molecule has 0 unspecified atom stereocenters. The van der Waals surface area contributed by atoms with Gasteiger partial charge >= 0.3 is 6.18 Å². The molecule has 0 saturated heterocycles. The van der Waals surface area contributed by atoms with Gasteiger partial charge in [0.1, 0.15) is 0 Å². The SMILES string of the molecule is CN(C(N)=Nc1ccccc1CCCl)c1cccc(C(F)(F)F)c1. The highest BCUT2D eigenvalue weighted by Gasteiger charge is 2.30. The number of anilines is 1. The van der Waals surface area contributed by atoms with Crippen LogP contribution in [0.2, 0.25) is 0 Å². The molecule has 2 aromatic carbocycles. The molecule has 0 amide bonds. The predicted molar refractivity (Wildman–Crippen MR) is 92.0 cm³/mol. The highest BCUT2D eigenvalue weighted by Crippen LogP contribution is 2.31. The molecule has 0 spiro atoms. The van der Waals surface area contributed by atoms with Crippen molar-refractivity contribution in [3.8, 4) is 0 Å². The van der Waals surface area contributed by atoms with Crippen molar-refractivity contribution >= 4 is 28.9 Å². The molecule has 128 valence electrons. The van der Waals surface area contributed by atoms with E-state index in [0.29, 0.717) is 23.7 Å². The van der Waals surface area contributed by atoms with E-state index in [9.17, 15) is 13.2 Å². The highest BCUT2D eigenvalue weighted by atomic mass is 35.5. The summed E-state index contributed by atoms with van der Waals surface area (Å²) in [5.74, 6) is 0.534. The maximum atomic E-state index is 12.8. The minimum Gasteiger partial charge on any atom is -0.369 e. The Morgan fingerprint density at radius 1 is 1.17 bits per heavy atom. The number of aliphatic imine (C=N–C) groups is 1. The van der Waals surface area contributed by atoms with Crippen LogP contribution in [0.15, 0.2) is 53.5 Å². The van der Waals surface area contributed by atoms with Gasteiger partial charge in [-0.25, -0.2) is 4.99 Å². The van der Waals surface area contributed by atoms with Gasteiger partial charge in [0.25, 0.3) is 0 Å². The third-order valence-electron chi connectivity index (χ3n) is 3.49. The molecule has 0 aliphatic carbocycles. The van der Waals surface area contributed by atoms with E-state index in [1.807, 2.05) is 18.2 Å². The first-order valence-corrected chi connectivity index (χ1v) is 7.75. The van der Waals surface area contributed by atoms with E-state index in [2.05, 4.69) is 4.99 Å². The minimum absolute atomic E-state index is 0.0938. The number of rotatable bonds is 4. The fourth-order valence-corrected chi connectivity index (χ4v) is 2.36. The van der Waals surface area contributed by atoms with E-state index >= 15 is 0 Å². The summed E-state index contributed by atoms with van der Waals surface area (Å²) in [6, 6.07) is 12.3. The molecule has 2 rings (SSSR count). The van der Waals surface area contributed by atoms with Crippen molar-refractivity contribution < 1.29 is 13.2 Å². The number of aryl methyl sites for hydroxylation is 1. The lowest BCUT2D eigenvalue weighted by atomic mass is 10.1. The van der Waals surface area contributed by atoms with Gasteiger partial charge in [-0.3, -0.25) is 0 Å². The predicted octanol–water partition coefficient (Wildman–Crippen LogP) is 4.57. The number of para-hydroxylation sites is 1. The van der Waals surface area contributed by atoms with E-state index in [4.69, 9.17) is 17.3 Å². The van der Waals surface area contributed by atoms with Crippen molar-refractivity contribution in [3.63, 3.8) is 0 Å². The number of guanidine groups is 1. The molecule has 0 bridgehead atoms. The number of alkyl halides is 4. The van der Waals surface area contributed by atoms with Crippen LogP contribution in [0.5, 0.6) is 0 Å². The zero-order valence-corrected chi connectivity index (χ0v) is 13.8. The molecule has 0 heterocycles. The Morgan fingerprint density at radius 3 is 2.54 bits per heavy atom. The summed E-state index contributed by atoms with van der Waals surface area (Å²) >= 11 is 5.77. The first kappa shape index (κ1) is 18.1. The standard InChI is InChI=1S/C17H17ClF3N3/c1-24(14-7-4-6-13(11-14)17(19,20)21)16(22)23-15-8-3-2-5-12(15)9-10-18/h2-8,11H,9-10H2,1H3,(H2,22,23). The molecule has 2 N–H and O–H groups in total. The van der Waals surface area contributed by atoms with Gasteiger partial charge < -0.3 is 10.6 Å². The summed E-state index contributed by atoms with van der Waals surface area (Å²) in [5.41, 5.74) is 7.11. The average Bonchev–Trinajstić information content (AvgIpc) is 2.55. The van der Waals surface area contributed by atoms with Crippen molar-refractivity contribution in [1.82, 2.24) is 0 Å². The van der Waals surface area contributed by atoms with E-state index in [1.165, 1.54) is 11.0 Å². The van der Waals surface area contributed by atoms with Crippen LogP contribution in [0, 0.1) is 0 Å². The van der Waals surface area contributed by atoms with Gasteiger partial charge in [0.15, 0.2) is 0 Å². The lowest BCUT2D eigenvalue weighted by molar-refractivity contribution is -0.137. The molecule has 7 heteroatoms. The lowest BCUT2D eigenvalue weighted by Crippen LogP contribution is -2.33. The van der Waals surface area contributed by atoms with E-state index in [0.717, 1.165) is 17.7 Å².